The Bertz CT molecular complexity index is 610. The molecular formula is C12H10ClNO3. The number of methoxy groups -OCH3 is 1. The fourth-order valence-corrected chi connectivity index (χ4v) is 2.06. The molecule has 0 bridgehead atoms. The Labute approximate surface area is 103 Å². The van der Waals surface area contributed by atoms with Crippen LogP contribution in [0.5, 0.6) is 5.75 Å². The van der Waals surface area contributed by atoms with E-state index in [2.05, 4.69) is 4.98 Å². The molecule has 1 N–H and O–H groups in total. The van der Waals surface area contributed by atoms with Crippen molar-refractivity contribution < 1.29 is 14.6 Å². The van der Waals surface area contributed by atoms with Crippen LogP contribution in [0.1, 0.15) is 15.9 Å². The van der Waals surface area contributed by atoms with Crippen molar-refractivity contribution in [2.75, 3.05) is 7.11 Å². The number of carbonyl (C=O) groups is 1. The van der Waals surface area contributed by atoms with Crippen molar-refractivity contribution in [3.63, 3.8) is 0 Å². The van der Waals surface area contributed by atoms with Gasteiger partial charge in [-0.25, -0.2) is 9.78 Å². The minimum absolute atomic E-state index is 0.00393. The van der Waals surface area contributed by atoms with Crippen molar-refractivity contribution in [2.45, 2.75) is 6.92 Å². The van der Waals surface area contributed by atoms with Gasteiger partial charge in [0.25, 0.3) is 0 Å². The van der Waals surface area contributed by atoms with Gasteiger partial charge < -0.3 is 9.84 Å². The number of pyridine rings is 1. The number of fused-ring (bicyclic) bond motifs is 1. The molecular weight excluding hydrogens is 242 g/mol. The summed E-state index contributed by atoms with van der Waals surface area (Å²) in [6, 6.07) is 5.26. The van der Waals surface area contributed by atoms with E-state index in [-0.39, 0.29) is 10.7 Å². The van der Waals surface area contributed by atoms with Crippen molar-refractivity contribution >= 4 is 28.5 Å². The molecule has 0 spiro atoms. The van der Waals surface area contributed by atoms with Gasteiger partial charge >= 0.3 is 5.97 Å². The molecule has 17 heavy (non-hydrogen) atoms. The standard InChI is InChI=1S/C12H10ClNO3/c1-6-8-4-3-7(17-2)5-9(8)14-11(13)10(6)12(15)16/h3-5H,1-2H3,(H,15,16). The maximum Gasteiger partial charge on any atom is 0.339 e. The molecule has 0 aliphatic rings. The summed E-state index contributed by atoms with van der Waals surface area (Å²) in [7, 11) is 1.56. The average molecular weight is 252 g/mol. The van der Waals surface area contributed by atoms with Gasteiger partial charge in [0.1, 0.15) is 16.5 Å². The Morgan fingerprint density at radius 3 is 2.76 bits per heavy atom. The lowest BCUT2D eigenvalue weighted by molar-refractivity contribution is 0.0696. The van der Waals surface area contributed by atoms with Crippen LogP contribution in [-0.2, 0) is 0 Å². The molecule has 0 saturated heterocycles. The highest BCUT2D eigenvalue weighted by Gasteiger charge is 2.16. The zero-order valence-electron chi connectivity index (χ0n) is 9.32. The van der Waals surface area contributed by atoms with Gasteiger partial charge in [-0.15, -0.1) is 0 Å². The van der Waals surface area contributed by atoms with E-state index in [1.54, 1.807) is 32.2 Å². The van der Waals surface area contributed by atoms with Crippen LogP contribution in [0.2, 0.25) is 5.15 Å². The largest absolute Gasteiger partial charge is 0.497 e. The van der Waals surface area contributed by atoms with Gasteiger partial charge in [0.2, 0.25) is 0 Å². The molecule has 0 amide bonds. The summed E-state index contributed by atoms with van der Waals surface area (Å²) in [5.41, 5.74) is 1.27. The van der Waals surface area contributed by atoms with E-state index in [9.17, 15) is 4.79 Å². The Hall–Kier alpha value is -1.81. The molecule has 1 aromatic heterocycles. The molecule has 0 atom stereocenters. The maximum absolute atomic E-state index is 11.1. The summed E-state index contributed by atoms with van der Waals surface area (Å²) in [4.78, 5) is 15.1. The Morgan fingerprint density at radius 1 is 1.47 bits per heavy atom. The number of aromatic carboxylic acids is 1. The fraction of sp³-hybridized carbons (Fsp3) is 0.167. The highest BCUT2D eigenvalue weighted by atomic mass is 35.5. The fourth-order valence-electron chi connectivity index (χ4n) is 1.75. The van der Waals surface area contributed by atoms with Gasteiger partial charge in [-0.05, 0) is 24.6 Å². The minimum Gasteiger partial charge on any atom is -0.497 e. The quantitative estimate of drug-likeness (QED) is 0.834. The maximum atomic E-state index is 11.1. The van der Waals surface area contributed by atoms with Gasteiger partial charge in [0.05, 0.1) is 12.6 Å². The van der Waals surface area contributed by atoms with E-state index < -0.39 is 5.97 Å². The lowest BCUT2D eigenvalue weighted by Crippen LogP contribution is -2.03. The highest BCUT2D eigenvalue weighted by molar-refractivity contribution is 6.33. The number of hydrogen-bond donors (Lipinski definition) is 1. The van der Waals surface area contributed by atoms with Crippen LogP contribution >= 0.6 is 11.6 Å². The van der Waals surface area contributed by atoms with Gasteiger partial charge in [-0.1, -0.05) is 11.6 Å². The molecule has 0 unspecified atom stereocenters. The molecule has 5 heteroatoms. The topological polar surface area (TPSA) is 59.4 Å². The number of benzene rings is 1. The average Bonchev–Trinajstić information content (AvgIpc) is 2.27. The van der Waals surface area contributed by atoms with Crippen LogP contribution in [0.3, 0.4) is 0 Å². The molecule has 0 aliphatic carbocycles. The van der Waals surface area contributed by atoms with Crippen LogP contribution in [-0.4, -0.2) is 23.2 Å². The molecule has 88 valence electrons. The molecule has 0 saturated carbocycles. The van der Waals surface area contributed by atoms with Gasteiger partial charge in [-0.3, -0.25) is 0 Å². The van der Waals surface area contributed by atoms with Gasteiger partial charge in [0.15, 0.2) is 0 Å². The third kappa shape index (κ3) is 1.91. The second-order valence-corrected chi connectivity index (χ2v) is 3.95. The molecule has 0 fully saturated rings. The number of hydrogen-bond acceptors (Lipinski definition) is 3. The first-order valence-electron chi connectivity index (χ1n) is 4.91. The van der Waals surface area contributed by atoms with E-state index in [4.69, 9.17) is 21.4 Å². The van der Waals surface area contributed by atoms with Crippen molar-refractivity contribution in [1.29, 1.82) is 0 Å². The summed E-state index contributed by atoms with van der Waals surface area (Å²) in [5.74, 6) is -0.416. The Balaban J connectivity index is 2.81. The zero-order valence-corrected chi connectivity index (χ0v) is 10.1. The normalized spacial score (nSPS) is 10.5. The van der Waals surface area contributed by atoms with Crippen molar-refractivity contribution in [3.05, 3.63) is 34.5 Å². The molecule has 2 rings (SSSR count). The molecule has 1 aromatic carbocycles. The number of rotatable bonds is 2. The van der Waals surface area contributed by atoms with Crippen LogP contribution in [0, 0.1) is 6.92 Å². The SMILES string of the molecule is COc1ccc2c(C)c(C(=O)O)c(Cl)nc2c1. The number of ether oxygens (including phenoxy) is 1. The van der Waals surface area contributed by atoms with Crippen LogP contribution in [0.15, 0.2) is 18.2 Å². The predicted molar refractivity (Wildman–Crippen MR) is 65.0 cm³/mol. The van der Waals surface area contributed by atoms with Crippen molar-refractivity contribution in [2.24, 2.45) is 0 Å². The smallest absolute Gasteiger partial charge is 0.339 e. The van der Waals surface area contributed by atoms with Crippen LogP contribution in [0.25, 0.3) is 10.9 Å². The number of nitrogens with zero attached hydrogens (tertiary/aromatic N) is 1. The van der Waals surface area contributed by atoms with E-state index in [0.29, 0.717) is 16.8 Å². The third-order valence-electron chi connectivity index (χ3n) is 2.62. The first-order valence-corrected chi connectivity index (χ1v) is 5.29. The second kappa shape index (κ2) is 4.22. The van der Waals surface area contributed by atoms with E-state index in [0.717, 1.165) is 5.39 Å². The van der Waals surface area contributed by atoms with E-state index in [1.165, 1.54) is 0 Å². The van der Waals surface area contributed by atoms with Crippen molar-refractivity contribution in [1.82, 2.24) is 4.98 Å². The van der Waals surface area contributed by atoms with Crippen molar-refractivity contribution in [3.8, 4) is 5.75 Å². The first-order chi connectivity index (χ1) is 8.04. The third-order valence-corrected chi connectivity index (χ3v) is 2.90. The van der Waals surface area contributed by atoms with Crippen LogP contribution < -0.4 is 4.74 Å². The second-order valence-electron chi connectivity index (χ2n) is 3.59. The first kappa shape index (κ1) is 11.7. The number of carboxylic acid groups (broad SMARTS) is 1. The summed E-state index contributed by atoms with van der Waals surface area (Å²) < 4.78 is 5.08. The lowest BCUT2D eigenvalue weighted by atomic mass is 10.1. The molecule has 0 aliphatic heterocycles. The summed E-state index contributed by atoms with van der Waals surface area (Å²) in [6.45, 7) is 1.71. The molecule has 4 nitrogen and oxygen atoms in total. The van der Waals surface area contributed by atoms with Gasteiger partial charge in [0, 0.05) is 11.5 Å². The molecule has 0 radical (unpaired) electrons. The summed E-state index contributed by atoms with van der Waals surface area (Å²) in [5, 5.41) is 9.81. The Kier molecular flexibility index (Phi) is 2.90. The van der Waals surface area contributed by atoms with Gasteiger partial charge in [-0.2, -0.15) is 0 Å². The summed E-state index contributed by atoms with van der Waals surface area (Å²) >= 11 is 5.87. The zero-order chi connectivity index (χ0) is 12.6. The minimum atomic E-state index is -1.07. The highest BCUT2D eigenvalue weighted by Crippen LogP contribution is 2.28. The summed E-state index contributed by atoms with van der Waals surface area (Å²) in [6.07, 6.45) is 0. The monoisotopic (exact) mass is 251 g/mol. The molecule has 1 heterocycles. The number of carboxylic acids is 1. The molecule has 2 aromatic rings. The van der Waals surface area contributed by atoms with Crippen LogP contribution in [0.4, 0.5) is 0 Å². The lowest BCUT2D eigenvalue weighted by Gasteiger charge is -2.08. The Morgan fingerprint density at radius 2 is 2.18 bits per heavy atom. The van der Waals surface area contributed by atoms with E-state index >= 15 is 0 Å². The predicted octanol–water partition coefficient (Wildman–Crippen LogP) is 2.90. The number of aryl methyl sites for hydroxylation is 1. The number of halogens is 1. The van der Waals surface area contributed by atoms with E-state index in [1.807, 2.05) is 0 Å². The number of aromatic nitrogens is 1.